The van der Waals surface area contributed by atoms with Gasteiger partial charge < -0.3 is 10.0 Å². The van der Waals surface area contributed by atoms with Crippen molar-refractivity contribution in [2.45, 2.75) is 38.5 Å². The predicted molar refractivity (Wildman–Crippen MR) is 116 cm³/mol. The summed E-state index contributed by atoms with van der Waals surface area (Å²) in [5, 5.41) is 10.8. The zero-order valence-electron chi connectivity index (χ0n) is 16.5. The Labute approximate surface area is 176 Å². The maximum atomic E-state index is 12.8. The maximum absolute atomic E-state index is 12.8. The van der Waals surface area contributed by atoms with Gasteiger partial charge in [0.05, 0.1) is 18.3 Å². The molecule has 0 spiro atoms. The third-order valence-electron chi connectivity index (χ3n) is 5.42. The highest BCUT2D eigenvalue weighted by Gasteiger charge is 2.36. The van der Waals surface area contributed by atoms with Crippen molar-refractivity contribution in [3.05, 3.63) is 76.8 Å². The second kappa shape index (κ2) is 8.35. The van der Waals surface area contributed by atoms with Crippen LogP contribution in [0, 0.1) is 0 Å². The summed E-state index contributed by atoms with van der Waals surface area (Å²) in [5.74, 6) is 0.602. The molecule has 3 aromatic rings. The second-order valence-electron chi connectivity index (χ2n) is 7.77. The number of anilines is 1. The van der Waals surface area contributed by atoms with Crippen molar-refractivity contribution in [2.24, 2.45) is 0 Å². The zero-order chi connectivity index (χ0) is 19.7. The van der Waals surface area contributed by atoms with E-state index in [1.807, 2.05) is 42.5 Å². The minimum atomic E-state index is -0.673. The number of hydrogen-bond acceptors (Lipinski definition) is 5. The summed E-state index contributed by atoms with van der Waals surface area (Å²) < 4.78 is 1.70. The van der Waals surface area contributed by atoms with E-state index in [1.54, 1.807) is 23.0 Å². The Bertz CT molecular complexity index is 1020. The monoisotopic (exact) mass is 412 g/mol. The van der Waals surface area contributed by atoms with Crippen LogP contribution in [0.25, 0.3) is 11.3 Å². The number of halogens is 1. The van der Waals surface area contributed by atoms with Crippen LogP contribution >= 0.6 is 12.4 Å². The van der Waals surface area contributed by atoms with Crippen molar-refractivity contribution >= 4 is 18.4 Å². The highest BCUT2D eigenvalue weighted by Crippen LogP contribution is 2.33. The van der Waals surface area contributed by atoms with Gasteiger partial charge in [0, 0.05) is 36.1 Å². The molecule has 2 aromatic heterocycles. The summed E-state index contributed by atoms with van der Waals surface area (Å²) in [4.78, 5) is 23.7. The molecule has 29 heavy (non-hydrogen) atoms. The van der Waals surface area contributed by atoms with Crippen LogP contribution in [0.1, 0.15) is 31.9 Å². The lowest BCUT2D eigenvalue weighted by Crippen LogP contribution is -2.53. The lowest BCUT2D eigenvalue weighted by Gasteiger charge is -2.45. The number of benzene rings is 1. The molecule has 7 heteroatoms. The predicted octanol–water partition coefficient (Wildman–Crippen LogP) is 3.45. The number of β-amino-alcohol motifs (C(OH)–C–C–N with tert-alkyl or cyclic N) is 1. The van der Waals surface area contributed by atoms with Gasteiger partial charge in [-0.1, -0.05) is 30.3 Å². The number of hydrogen-bond donors (Lipinski definition) is 1. The summed E-state index contributed by atoms with van der Waals surface area (Å²) >= 11 is 0. The van der Waals surface area contributed by atoms with E-state index in [0.29, 0.717) is 24.7 Å². The molecule has 1 aliphatic rings. The lowest BCUT2D eigenvalue weighted by molar-refractivity contribution is 0.169. The van der Waals surface area contributed by atoms with Gasteiger partial charge in [-0.05, 0) is 38.0 Å². The molecule has 1 N–H and O–H groups in total. The van der Waals surface area contributed by atoms with E-state index in [4.69, 9.17) is 4.98 Å². The number of aromatic nitrogens is 3. The molecule has 3 heterocycles. The van der Waals surface area contributed by atoms with Gasteiger partial charge in [-0.15, -0.1) is 12.4 Å². The van der Waals surface area contributed by atoms with Gasteiger partial charge >= 0.3 is 0 Å². The fourth-order valence-electron chi connectivity index (χ4n) is 3.65. The van der Waals surface area contributed by atoms with Crippen LogP contribution < -0.4 is 10.5 Å². The Kier molecular flexibility index (Phi) is 6.05. The molecule has 0 aliphatic carbocycles. The highest BCUT2D eigenvalue weighted by atomic mass is 35.5. The zero-order valence-corrected chi connectivity index (χ0v) is 17.3. The number of fused-ring (bicyclic) bond motifs is 1. The molecule has 1 aromatic carbocycles. The quantitative estimate of drug-likeness (QED) is 0.710. The van der Waals surface area contributed by atoms with Crippen molar-refractivity contribution in [3.63, 3.8) is 0 Å². The van der Waals surface area contributed by atoms with E-state index >= 15 is 0 Å². The van der Waals surface area contributed by atoms with Crippen LogP contribution in [0.4, 0.5) is 5.95 Å². The minimum Gasteiger partial charge on any atom is -0.387 e. The fourth-order valence-corrected chi connectivity index (χ4v) is 3.65. The first-order valence-corrected chi connectivity index (χ1v) is 9.49. The number of nitrogens with zero attached hydrogens (tertiary/aromatic N) is 4. The summed E-state index contributed by atoms with van der Waals surface area (Å²) in [7, 11) is 0. The summed E-state index contributed by atoms with van der Waals surface area (Å²) in [6.07, 6.45) is 3.51. The Balaban J connectivity index is 0.00000240. The Morgan fingerprint density at radius 1 is 1.14 bits per heavy atom. The van der Waals surface area contributed by atoms with Crippen molar-refractivity contribution in [1.29, 1.82) is 0 Å². The van der Waals surface area contributed by atoms with Gasteiger partial charge in [0.25, 0.3) is 5.56 Å². The Hall–Kier alpha value is -2.70. The number of aliphatic hydroxyl groups is 1. The lowest BCUT2D eigenvalue weighted by atomic mass is 9.95. The standard InChI is InChI=1S/C22H24N4O2.ClH/c1-22(2)10-13-25-20(28)14-18(16-8-11-23-12-9-16)24-21(25)26(22)15-19(27)17-6-4-3-5-7-17;/h3-9,11-12,14,19,27H,10,13,15H2,1-2H3;1H/t19-;/m0./s1. The van der Waals surface area contributed by atoms with Crippen LogP contribution in [-0.4, -0.2) is 31.7 Å². The van der Waals surface area contributed by atoms with Crippen LogP contribution in [0.5, 0.6) is 0 Å². The second-order valence-corrected chi connectivity index (χ2v) is 7.77. The molecule has 0 saturated heterocycles. The third kappa shape index (κ3) is 4.18. The molecule has 6 nitrogen and oxygen atoms in total. The summed E-state index contributed by atoms with van der Waals surface area (Å²) in [6, 6.07) is 14.8. The van der Waals surface area contributed by atoms with E-state index in [-0.39, 0.29) is 23.5 Å². The first-order chi connectivity index (χ1) is 13.5. The molecule has 0 bridgehead atoms. The van der Waals surface area contributed by atoms with Gasteiger partial charge in [0.15, 0.2) is 0 Å². The van der Waals surface area contributed by atoms with E-state index in [2.05, 4.69) is 23.7 Å². The van der Waals surface area contributed by atoms with Crippen LogP contribution in [-0.2, 0) is 6.54 Å². The first-order valence-electron chi connectivity index (χ1n) is 9.49. The number of aliphatic hydroxyl groups excluding tert-OH is 1. The molecular formula is C22H25ClN4O2. The molecule has 0 saturated carbocycles. The Morgan fingerprint density at radius 3 is 2.52 bits per heavy atom. The normalized spacial score (nSPS) is 15.9. The fraction of sp³-hybridized carbons (Fsp3) is 0.318. The van der Waals surface area contributed by atoms with Crippen molar-refractivity contribution in [1.82, 2.24) is 14.5 Å². The topological polar surface area (TPSA) is 71.2 Å². The maximum Gasteiger partial charge on any atom is 0.255 e. The molecule has 4 rings (SSSR count). The average molecular weight is 413 g/mol. The highest BCUT2D eigenvalue weighted by molar-refractivity contribution is 5.85. The third-order valence-corrected chi connectivity index (χ3v) is 5.42. The average Bonchev–Trinajstić information content (AvgIpc) is 2.71. The first kappa shape index (κ1) is 21.0. The molecular weight excluding hydrogens is 388 g/mol. The number of pyridine rings is 1. The molecule has 1 atom stereocenters. The van der Waals surface area contributed by atoms with Gasteiger partial charge in [-0.25, -0.2) is 4.98 Å². The summed E-state index contributed by atoms with van der Waals surface area (Å²) in [6.45, 7) is 5.23. The van der Waals surface area contributed by atoms with Gasteiger partial charge in [-0.2, -0.15) is 0 Å². The molecule has 0 radical (unpaired) electrons. The molecule has 152 valence electrons. The minimum absolute atomic E-state index is 0. The van der Waals surface area contributed by atoms with E-state index < -0.39 is 6.10 Å². The largest absolute Gasteiger partial charge is 0.387 e. The van der Waals surface area contributed by atoms with E-state index in [9.17, 15) is 9.90 Å². The SMILES string of the molecule is CC1(C)CCn2c(nc(-c3ccncc3)cc2=O)N1C[C@H](O)c1ccccc1.Cl. The molecule has 0 unspecified atom stereocenters. The van der Waals surface area contributed by atoms with Crippen LogP contribution in [0.2, 0.25) is 0 Å². The van der Waals surface area contributed by atoms with Crippen molar-refractivity contribution in [2.75, 3.05) is 11.4 Å². The molecule has 0 amide bonds. The number of rotatable bonds is 4. The van der Waals surface area contributed by atoms with Crippen LogP contribution in [0.3, 0.4) is 0 Å². The Morgan fingerprint density at radius 2 is 1.83 bits per heavy atom. The van der Waals surface area contributed by atoms with Gasteiger partial charge in [-0.3, -0.25) is 14.3 Å². The van der Waals surface area contributed by atoms with E-state index in [1.165, 1.54) is 0 Å². The van der Waals surface area contributed by atoms with Crippen LogP contribution in [0.15, 0.2) is 65.7 Å². The van der Waals surface area contributed by atoms with Crippen molar-refractivity contribution < 1.29 is 5.11 Å². The smallest absolute Gasteiger partial charge is 0.255 e. The van der Waals surface area contributed by atoms with Crippen molar-refractivity contribution in [3.8, 4) is 11.3 Å². The summed E-state index contributed by atoms with van der Waals surface area (Å²) in [5.41, 5.74) is 2.01. The van der Waals surface area contributed by atoms with Gasteiger partial charge in [0.1, 0.15) is 0 Å². The molecule has 0 fully saturated rings. The van der Waals surface area contributed by atoms with E-state index in [0.717, 1.165) is 17.5 Å². The van der Waals surface area contributed by atoms with Gasteiger partial charge in [0.2, 0.25) is 5.95 Å². The molecule has 1 aliphatic heterocycles.